The molecule has 1 fully saturated rings. The summed E-state index contributed by atoms with van der Waals surface area (Å²) in [5.41, 5.74) is 7.02. The monoisotopic (exact) mass is 222 g/mol. The fourth-order valence-corrected chi connectivity index (χ4v) is 2.19. The Morgan fingerprint density at radius 3 is 2.62 bits per heavy atom. The zero-order valence-corrected chi connectivity index (χ0v) is 10.2. The van der Waals surface area contributed by atoms with Crippen molar-refractivity contribution in [3.8, 4) is 0 Å². The van der Waals surface area contributed by atoms with Crippen LogP contribution >= 0.6 is 0 Å². The normalized spacial score (nSPS) is 26.0. The molecule has 1 aliphatic rings. The largest absolute Gasteiger partial charge is 0.380 e. The lowest BCUT2D eigenvalue weighted by Crippen LogP contribution is -2.32. The van der Waals surface area contributed by atoms with Gasteiger partial charge in [0.25, 0.3) is 0 Å². The van der Waals surface area contributed by atoms with Gasteiger partial charge in [-0.2, -0.15) is 5.10 Å². The Bertz CT molecular complexity index is 324. The highest BCUT2D eigenvalue weighted by atomic mass is 15.3. The van der Waals surface area contributed by atoms with E-state index in [0.717, 1.165) is 18.5 Å². The topological polar surface area (TPSA) is 55.9 Å². The highest BCUT2D eigenvalue weighted by molar-refractivity contribution is 5.39. The number of rotatable bonds is 3. The zero-order valence-electron chi connectivity index (χ0n) is 10.2. The number of hydrogen-bond acceptors (Lipinski definition) is 3. The second kappa shape index (κ2) is 4.87. The molecule has 0 atom stereocenters. The van der Waals surface area contributed by atoms with Crippen molar-refractivity contribution >= 4 is 5.69 Å². The van der Waals surface area contributed by atoms with Gasteiger partial charge < -0.3 is 11.1 Å². The molecule has 3 N–H and O–H groups in total. The van der Waals surface area contributed by atoms with Crippen LogP contribution in [-0.2, 0) is 0 Å². The molecule has 4 heteroatoms. The van der Waals surface area contributed by atoms with Crippen LogP contribution in [-0.4, -0.2) is 21.9 Å². The molecule has 0 aliphatic heterocycles. The molecule has 1 saturated carbocycles. The molecular formula is C12H22N4. The minimum atomic E-state index is 0.413. The Morgan fingerprint density at radius 1 is 1.38 bits per heavy atom. The maximum absolute atomic E-state index is 5.89. The minimum Gasteiger partial charge on any atom is -0.380 e. The van der Waals surface area contributed by atoms with Crippen molar-refractivity contribution in [1.29, 1.82) is 0 Å². The number of nitrogens with one attached hydrogen (secondary N) is 1. The van der Waals surface area contributed by atoms with E-state index in [0.29, 0.717) is 18.1 Å². The van der Waals surface area contributed by atoms with E-state index in [2.05, 4.69) is 30.5 Å². The smallest absolute Gasteiger partial charge is 0.0728 e. The lowest BCUT2D eigenvalue weighted by Gasteiger charge is -2.26. The van der Waals surface area contributed by atoms with Gasteiger partial charge in [0, 0.05) is 24.3 Å². The SMILES string of the molecule is CC(C)n1cc(NC2CCC(N)CC2)cn1. The average molecular weight is 222 g/mol. The fourth-order valence-electron chi connectivity index (χ4n) is 2.19. The van der Waals surface area contributed by atoms with E-state index in [1.54, 1.807) is 0 Å². The van der Waals surface area contributed by atoms with Gasteiger partial charge in [-0.05, 0) is 39.5 Å². The number of nitrogens with two attached hydrogens (primary N) is 1. The Morgan fingerprint density at radius 2 is 2.06 bits per heavy atom. The number of nitrogens with zero attached hydrogens (tertiary/aromatic N) is 2. The van der Waals surface area contributed by atoms with Crippen LogP contribution in [0.2, 0.25) is 0 Å². The molecule has 0 aromatic carbocycles. The Balaban J connectivity index is 1.88. The third-order valence-corrected chi connectivity index (χ3v) is 3.27. The van der Waals surface area contributed by atoms with Crippen LogP contribution in [0.1, 0.15) is 45.6 Å². The molecule has 0 amide bonds. The van der Waals surface area contributed by atoms with Gasteiger partial charge in [-0.15, -0.1) is 0 Å². The summed E-state index contributed by atoms with van der Waals surface area (Å²) in [5, 5.41) is 7.86. The van der Waals surface area contributed by atoms with Crippen molar-refractivity contribution < 1.29 is 0 Å². The van der Waals surface area contributed by atoms with E-state index >= 15 is 0 Å². The van der Waals surface area contributed by atoms with Gasteiger partial charge in [0.2, 0.25) is 0 Å². The van der Waals surface area contributed by atoms with Gasteiger partial charge in [-0.1, -0.05) is 0 Å². The van der Waals surface area contributed by atoms with Crippen LogP contribution in [0, 0.1) is 0 Å². The van der Waals surface area contributed by atoms with Crippen LogP contribution in [0.5, 0.6) is 0 Å². The molecule has 0 unspecified atom stereocenters. The van der Waals surface area contributed by atoms with E-state index in [1.807, 2.05) is 10.9 Å². The highest BCUT2D eigenvalue weighted by Gasteiger charge is 2.18. The molecule has 0 bridgehead atoms. The Labute approximate surface area is 97.2 Å². The zero-order chi connectivity index (χ0) is 11.5. The van der Waals surface area contributed by atoms with Crippen molar-refractivity contribution in [2.45, 2.75) is 57.7 Å². The number of anilines is 1. The van der Waals surface area contributed by atoms with Crippen LogP contribution in [0.25, 0.3) is 0 Å². The first-order valence-electron chi connectivity index (χ1n) is 6.21. The summed E-state index contributed by atoms with van der Waals surface area (Å²) < 4.78 is 1.98. The van der Waals surface area contributed by atoms with E-state index in [4.69, 9.17) is 5.73 Å². The fraction of sp³-hybridized carbons (Fsp3) is 0.750. The summed E-state index contributed by atoms with van der Waals surface area (Å²) in [7, 11) is 0. The summed E-state index contributed by atoms with van der Waals surface area (Å²) in [4.78, 5) is 0. The van der Waals surface area contributed by atoms with Crippen LogP contribution in [0.15, 0.2) is 12.4 Å². The number of aromatic nitrogens is 2. The average Bonchev–Trinajstić information content (AvgIpc) is 2.70. The molecule has 1 aliphatic carbocycles. The van der Waals surface area contributed by atoms with Crippen molar-refractivity contribution in [3.05, 3.63) is 12.4 Å². The minimum absolute atomic E-state index is 0.413. The predicted molar refractivity (Wildman–Crippen MR) is 66.5 cm³/mol. The first kappa shape index (κ1) is 11.5. The molecular weight excluding hydrogens is 200 g/mol. The van der Waals surface area contributed by atoms with E-state index in [-0.39, 0.29) is 0 Å². The molecule has 90 valence electrons. The highest BCUT2D eigenvalue weighted by Crippen LogP contribution is 2.21. The summed E-state index contributed by atoms with van der Waals surface area (Å²) in [5.74, 6) is 0. The summed E-state index contributed by atoms with van der Waals surface area (Å²) >= 11 is 0. The maximum atomic E-state index is 5.89. The Hall–Kier alpha value is -1.03. The molecule has 2 rings (SSSR count). The third-order valence-electron chi connectivity index (χ3n) is 3.27. The first-order chi connectivity index (χ1) is 7.65. The van der Waals surface area contributed by atoms with Crippen LogP contribution in [0.4, 0.5) is 5.69 Å². The molecule has 0 saturated heterocycles. The first-order valence-corrected chi connectivity index (χ1v) is 6.21. The summed E-state index contributed by atoms with van der Waals surface area (Å²) in [6.45, 7) is 4.27. The maximum Gasteiger partial charge on any atom is 0.0728 e. The molecule has 1 aromatic rings. The van der Waals surface area contributed by atoms with Crippen molar-refractivity contribution in [2.24, 2.45) is 5.73 Å². The van der Waals surface area contributed by atoms with Crippen LogP contribution < -0.4 is 11.1 Å². The summed E-state index contributed by atoms with van der Waals surface area (Å²) in [6.07, 6.45) is 8.61. The van der Waals surface area contributed by atoms with Gasteiger partial charge in [0.15, 0.2) is 0 Å². The quantitative estimate of drug-likeness (QED) is 0.824. The third kappa shape index (κ3) is 2.76. The van der Waals surface area contributed by atoms with Gasteiger partial charge in [0.1, 0.15) is 0 Å². The lowest BCUT2D eigenvalue weighted by atomic mass is 9.92. The molecule has 4 nitrogen and oxygen atoms in total. The van der Waals surface area contributed by atoms with Crippen molar-refractivity contribution in [1.82, 2.24) is 9.78 Å². The van der Waals surface area contributed by atoms with E-state index in [1.165, 1.54) is 12.8 Å². The molecule has 1 aromatic heterocycles. The molecule has 16 heavy (non-hydrogen) atoms. The predicted octanol–water partition coefficient (Wildman–Crippen LogP) is 2.15. The molecule has 1 heterocycles. The standard InChI is InChI=1S/C12H22N4/c1-9(2)16-8-12(7-14-16)15-11-5-3-10(13)4-6-11/h7-11,15H,3-6,13H2,1-2H3. The second-order valence-electron chi connectivity index (χ2n) is 5.06. The van der Waals surface area contributed by atoms with Gasteiger partial charge >= 0.3 is 0 Å². The summed E-state index contributed by atoms with van der Waals surface area (Å²) in [6, 6.07) is 1.41. The second-order valence-corrected chi connectivity index (χ2v) is 5.06. The molecule has 0 radical (unpaired) electrons. The van der Waals surface area contributed by atoms with Crippen LogP contribution in [0.3, 0.4) is 0 Å². The van der Waals surface area contributed by atoms with E-state index < -0.39 is 0 Å². The van der Waals surface area contributed by atoms with Crippen molar-refractivity contribution in [2.75, 3.05) is 5.32 Å². The Kier molecular flexibility index (Phi) is 3.49. The van der Waals surface area contributed by atoms with E-state index in [9.17, 15) is 0 Å². The molecule has 0 spiro atoms. The number of hydrogen-bond donors (Lipinski definition) is 2. The van der Waals surface area contributed by atoms with Crippen molar-refractivity contribution in [3.63, 3.8) is 0 Å². The van der Waals surface area contributed by atoms with Gasteiger partial charge in [-0.3, -0.25) is 4.68 Å². The van der Waals surface area contributed by atoms with Gasteiger partial charge in [-0.25, -0.2) is 0 Å². The lowest BCUT2D eigenvalue weighted by molar-refractivity contribution is 0.411. The van der Waals surface area contributed by atoms with Gasteiger partial charge in [0.05, 0.1) is 11.9 Å².